The fourth-order valence-electron chi connectivity index (χ4n) is 9.50. The molecule has 3 saturated carbocycles. The van der Waals surface area contributed by atoms with Crippen molar-refractivity contribution in [3.05, 3.63) is 23.3 Å². The molecule has 0 heterocycles. The second-order valence-corrected chi connectivity index (χ2v) is 13.6. The maximum atomic E-state index is 11.1. The Morgan fingerprint density at radius 1 is 1.12 bits per heavy atom. The Balaban J connectivity index is 1.58. The fraction of sp³-hybridized carbons (Fsp3) is 0.833. The van der Waals surface area contributed by atoms with Crippen molar-refractivity contribution in [2.75, 3.05) is 0 Å². The van der Waals surface area contributed by atoms with Crippen molar-refractivity contribution >= 4 is 5.97 Å². The number of hydrogen-bond donors (Lipinski definition) is 2. The molecule has 3 nitrogen and oxygen atoms in total. The van der Waals surface area contributed by atoms with Crippen LogP contribution < -0.4 is 0 Å². The van der Waals surface area contributed by atoms with Gasteiger partial charge in [0.15, 0.2) is 0 Å². The van der Waals surface area contributed by atoms with Gasteiger partial charge in [0.2, 0.25) is 0 Å². The molecule has 186 valence electrons. The third kappa shape index (κ3) is 3.58. The molecule has 4 aliphatic rings. The predicted octanol–water partition coefficient (Wildman–Crippen LogP) is 7.40. The molecule has 33 heavy (non-hydrogen) atoms. The van der Waals surface area contributed by atoms with Crippen molar-refractivity contribution in [2.45, 2.75) is 112 Å². The van der Waals surface area contributed by atoms with Gasteiger partial charge in [0.25, 0.3) is 0 Å². The minimum atomic E-state index is -0.796. The molecular formula is C30H48O3. The standard InChI is InChI=1S/C30H48O3/c1-19(9-8-10-20(2)26(32)33)21-13-17-30(7)23-11-12-24-27(3,4)25(31)15-16-28(24,5)22(23)14-18-29(21,30)6/h10-11,19,21-22,24-25,31H,8-9,12-18H2,1-7H3,(H,32,33)/b20-10+/t19-,21-,22+,24-,25+,28+,29-,30+/m0/s1. The summed E-state index contributed by atoms with van der Waals surface area (Å²) < 4.78 is 0. The quantitative estimate of drug-likeness (QED) is 0.335. The van der Waals surface area contributed by atoms with E-state index in [-0.39, 0.29) is 16.9 Å². The van der Waals surface area contributed by atoms with E-state index in [1.165, 1.54) is 25.7 Å². The van der Waals surface area contributed by atoms with Crippen molar-refractivity contribution in [3.63, 3.8) is 0 Å². The second kappa shape index (κ2) is 8.25. The fourth-order valence-corrected chi connectivity index (χ4v) is 9.50. The molecule has 0 aliphatic heterocycles. The van der Waals surface area contributed by atoms with Gasteiger partial charge in [-0.05, 0) is 110 Å². The van der Waals surface area contributed by atoms with Crippen LogP contribution in [0.15, 0.2) is 23.3 Å². The summed E-state index contributed by atoms with van der Waals surface area (Å²) in [6.45, 7) is 16.5. The third-order valence-corrected chi connectivity index (χ3v) is 12.0. The molecule has 8 atom stereocenters. The minimum Gasteiger partial charge on any atom is -0.478 e. The summed E-state index contributed by atoms with van der Waals surface area (Å²) >= 11 is 0. The Hall–Kier alpha value is -1.09. The molecule has 3 fully saturated rings. The van der Waals surface area contributed by atoms with Crippen LogP contribution >= 0.6 is 0 Å². The SMILES string of the molecule is C/C(=C\CC[C@H](C)[C@@H]1CC[C@]2(C)C3=CC[C@H]4C(C)(C)[C@H](O)CC[C@]4(C)[C@@H]3CC[C@@]12C)C(=O)O. The van der Waals surface area contributed by atoms with Gasteiger partial charge in [-0.1, -0.05) is 59.3 Å². The molecule has 3 heteroatoms. The van der Waals surface area contributed by atoms with Gasteiger partial charge in [0, 0.05) is 5.57 Å². The number of aliphatic hydroxyl groups is 1. The highest BCUT2D eigenvalue weighted by atomic mass is 16.4. The first-order valence-electron chi connectivity index (χ1n) is 13.6. The van der Waals surface area contributed by atoms with Crippen LogP contribution in [0.5, 0.6) is 0 Å². The Bertz CT molecular complexity index is 853. The number of carbonyl (C=O) groups is 1. The molecule has 0 aromatic heterocycles. The summed E-state index contributed by atoms with van der Waals surface area (Å²) in [7, 11) is 0. The number of rotatable bonds is 5. The first-order valence-corrected chi connectivity index (χ1v) is 13.6. The number of hydrogen-bond acceptors (Lipinski definition) is 2. The first kappa shape index (κ1) is 25.0. The Morgan fingerprint density at radius 2 is 1.82 bits per heavy atom. The van der Waals surface area contributed by atoms with Crippen molar-refractivity contribution in [2.24, 2.45) is 45.3 Å². The monoisotopic (exact) mass is 456 g/mol. The van der Waals surface area contributed by atoms with E-state index in [0.717, 1.165) is 32.1 Å². The van der Waals surface area contributed by atoms with Crippen molar-refractivity contribution in [1.29, 1.82) is 0 Å². The van der Waals surface area contributed by atoms with E-state index in [9.17, 15) is 9.90 Å². The molecule has 4 aliphatic carbocycles. The van der Waals surface area contributed by atoms with Crippen molar-refractivity contribution < 1.29 is 15.0 Å². The van der Waals surface area contributed by atoms with E-state index < -0.39 is 5.97 Å². The maximum Gasteiger partial charge on any atom is 0.330 e. The van der Waals surface area contributed by atoms with Gasteiger partial charge < -0.3 is 10.2 Å². The molecule has 0 amide bonds. The minimum absolute atomic E-state index is 0.00892. The number of carboxylic acid groups (broad SMARTS) is 1. The summed E-state index contributed by atoms with van der Waals surface area (Å²) in [5.74, 6) is 1.75. The zero-order valence-electron chi connectivity index (χ0n) is 22.2. The molecule has 0 unspecified atom stereocenters. The maximum absolute atomic E-state index is 11.1. The zero-order valence-corrected chi connectivity index (χ0v) is 22.2. The van der Waals surface area contributed by atoms with E-state index in [1.54, 1.807) is 12.5 Å². The Morgan fingerprint density at radius 3 is 2.48 bits per heavy atom. The van der Waals surface area contributed by atoms with Gasteiger partial charge in [-0.3, -0.25) is 0 Å². The van der Waals surface area contributed by atoms with Crippen molar-refractivity contribution in [3.8, 4) is 0 Å². The van der Waals surface area contributed by atoms with Gasteiger partial charge in [-0.25, -0.2) is 4.79 Å². The predicted molar refractivity (Wildman–Crippen MR) is 135 cm³/mol. The largest absolute Gasteiger partial charge is 0.478 e. The van der Waals surface area contributed by atoms with Gasteiger partial charge >= 0.3 is 5.97 Å². The van der Waals surface area contributed by atoms with E-state index in [0.29, 0.717) is 40.1 Å². The highest BCUT2D eigenvalue weighted by Crippen LogP contribution is 2.73. The van der Waals surface area contributed by atoms with E-state index in [2.05, 4.69) is 47.6 Å². The van der Waals surface area contributed by atoms with Crippen LogP contribution in [0.1, 0.15) is 106 Å². The van der Waals surface area contributed by atoms with Gasteiger partial charge in [0.05, 0.1) is 6.10 Å². The zero-order chi connectivity index (χ0) is 24.4. The van der Waals surface area contributed by atoms with E-state index in [1.807, 2.05) is 6.08 Å². The summed E-state index contributed by atoms with van der Waals surface area (Å²) in [4.78, 5) is 11.1. The number of aliphatic hydroxyl groups excluding tert-OH is 1. The first-order chi connectivity index (χ1) is 15.3. The number of fused-ring (bicyclic) bond motifs is 5. The summed E-state index contributed by atoms with van der Waals surface area (Å²) in [5.41, 5.74) is 3.13. The number of allylic oxidation sites excluding steroid dienone is 3. The van der Waals surface area contributed by atoms with Crippen LogP contribution in [0.2, 0.25) is 0 Å². The molecule has 0 bridgehead atoms. The van der Waals surface area contributed by atoms with Crippen LogP contribution in [0.3, 0.4) is 0 Å². The summed E-state index contributed by atoms with van der Waals surface area (Å²) in [6.07, 6.45) is 14.7. The van der Waals surface area contributed by atoms with Crippen LogP contribution in [0.4, 0.5) is 0 Å². The Labute approximate surface area is 202 Å². The van der Waals surface area contributed by atoms with Crippen LogP contribution in [0.25, 0.3) is 0 Å². The molecule has 0 spiro atoms. The molecule has 2 N–H and O–H groups in total. The van der Waals surface area contributed by atoms with Crippen LogP contribution in [-0.2, 0) is 4.79 Å². The lowest BCUT2D eigenvalue weighted by Gasteiger charge is -2.64. The highest BCUT2D eigenvalue weighted by molar-refractivity contribution is 5.85. The lowest BCUT2D eigenvalue weighted by atomic mass is 9.41. The van der Waals surface area contributed by atoms with Gasteiger partial charge in [-0.15, -0.1) is 0 Å². The lowest BCUT2D eigenvalue weighted by Crippen LogP contribution is -2.58. The normalized spacial score (nSPS) is 45.5. The summed E-state index contributed by atoms with van der Waals surface area (Å²) in [6, 6.07) is 0. The van der Waals surface area contributed by atoms with Crippen LogP contribution in [0, 0.1) is 45.3 Å². The second-order valence-electron chi connectivity index (χ2n) is 13.6. The lowest BCUT2D eigenvalue weighted by molar-refractivity contribution is -0.132. The molecule has 0 saturated heterocycles. The van der Waals surface area contributed by atoms with Crippen LogP contribution in [-0.4, -0.2) is 22.3 Å². The smallest absolute Gasteiger partial charge is 0.330 e. The van der Waals surface area contributed by atoms with E-state index in [4.69, 9.17) is 5.11 Å². The molecular weight excluding hydrogens is 408 g/mol. The highest BCUT2D eigenvalue weighted by Gasteiger charge is 2.65. The van der Waals surface area contributed by atoms with Gasteiger partial charge in [-0.2, -0.15) is 0 Å². The molecule has 0 aromatic carbocycles. The topological polar surface area (TPSA) is 57.5 Å². The van der Waals surface area contributed by atoms with E-state index >= 15 is 0 Å². The van der Waals surface area contributed by atoms with Crippen molar-refractivity contribution in [1.82, 2.24) is 0 Å². The summed E-state index contributed by atoms with van der Waals surface area (Å²) in [5, 5.41) is 20.0. The molecule has 0 radical (unpaired) electrons. The molecule has 0 aromatic rings. The third-order valence-electron chi connectivity index (χ3n) is 12.0. The number of aliphatic carboxylic acids is 1. The number of carboxylic acids is 1. The average molecular weight is 457 g/mol. The molecule has 4 rings (SSSR count). The Kier molecular flexibility index (Phi) is 6.25. The van der Waals surface area contributed by atoms with Gasteiger partial charge in [0.1, 0.15) is 0 Å². The average Bonchev–Trinajstić information content (AvgIpc) is 3.02.